The lowest BCUT2D eigenvalue weighted by Crippen LogP contribution is -1.90. The summed E-state index contributed by atoms with van der Waals surface area (Å²) in [6.45, 7) is 0. The summed E-state index contributed by atoms with van der Waals surface area (Å²) in [5.41, 5.74) is 3.08. The van der Waals surface area contributed by atoms with E-state index < -0.39 is 0 Å². The van der Waals surface area contributed by atoms with Gasteiger partial charge in [0.1, 0.15) is 11.4 Å². The van der Waals surface area contributed by atoms with Gasteiger partial charge >= 0.3 is 0 Å². The van der Waals surface area contributed by atoms with Crippen LogP contribution >= 0.6 is 11.8 Å². The Morgan fingerprint density at radius 1 is 0.773 bits per heavy atom. The summed E-state index contributed by atoms with van der Waals surface area (Å²) in [5.74, 6) is 0.797. The Kier molecular flexibility index (Phi) is 3.45. The second kappa shape index (κ2) is 5.73. The third kappa shape index (κ3) is 2.53. The summed E-state index contributed by atoms with van der Waals surface area (Å²) in [7, 11) is 0. The van der Waals surface area contributed by atoms with Crippen molar-refractivity contribution in [2.24, 2.45) is 0 Å². The largest absolute Gasteiger partial charge is 0.252 e. The lowest BCUT2D eigenvalue weighted by molar-refractivity contribution is 1.10. The highest BCUT2D eigenvalue weighted by atomic mass is 32.2. The van der Waals surface area contributed by atoms with Gasteiger partial charge in [-0.15, -0.1) is 0 Å². The smallest absolute Gasteiger partial charge is 0.117 e. The zero-order valence-corrected chi connectivity index (χ0v) is 12.6. The molecule has 0 bridgehead atoms. The number of benzene rings is 2. The van der Waals surface area contributed by atoms with Crippen LogP contribution in [0, 0.1) is 0 Å². The number of pyridine rings is 1. The minimum atomic E-state index is 0.797. The second-order valence-corrected chi connectivity index (χ2v) is 5.94. The van der Waals surface area contributed by atoms with Crippen LogP contribution in [0.2, 0.25) is 0 Å². The highest BCUT2D eigenvalue weighted by Crippen LogP contribution is 2.27. The molecule has 106 valence electrons. The van der Waals surface area contributed by atoms with Gasteiger partial charge in [0.15, 0.2) is 0 Å². The summed E-state index contributed by atoms with van der Waals surface area (Å²) in [6.07, 6.45) is 1.62. The molecule has 0 atom stereocenters. The lowest BCUT2D eigenvalue weighted by atomic mass is 10.2. The highest BCUT2D eigenvalue weighted by Gasteiger charge is 2.05. The number of nitrogens with zero attached hydrogens (tertiary/aromatic N) is 3. The molecule has 0 saturated heterocycles. The maximum atomic E-state index is 4.71. The van der Waals surface area contributed by atoms with Crippen LogP contribution in [0.4, 0.5) is 0 Å². The molecular weight excluding hydrogens is 290 g/mol. The van der Waals surface area contributed by atoms with E-state index >= 15 is 0 Å². The van der Waals surface area contributed by atoms with Crippen molar-refractivity contribution in [3.8, 4) is 0 Å². The van der Waals surface area contributed by atoms with Gasteiger partial charge in [0.25, 0.3) is 0 Å². The average molecular weight is 303 g/mol. The Bertz CT molecular complexity index is 947. The maximum absolute atomic E-state index is 4.71. The van der Waals surface area contributed by atoms with Crippen molar-refractivity contribution in [3.05, 3.63) is 72.7 Å². The van der Waals surface area contributed by atoms with Crippen LogP contribution in [-0.4, -0.2) is 15.0 Å². The lowest BCUT2D eigenvalue weighted by Gasteiger charge is -2.05. The van der Waals surface area contributed by atoms with Gasteiger partial charge in [-0.3, -0.25) is 4.98 Å². The van der Waals surface area contributed by atoms with Crippen LogP contribution in [0.5, 0.6) is 0 Å². The van der Waals surface area contributed by atoms with Crippen molar-refractivity contribution < 1.29 is 0 Å². The van der Waals surface area contributed by atoms with E-state index in [0.717, 1.165) is 32.9 Å². The van der Waals surface area contributed by atoms with E-state index in [4.69, 9.17) is 4.98 Å². The highest BCUT2D eigenvalue weighted by molar-refractivity contribution is 7.98. The van der Waals surface area contributed by atoms with Crippen molar-refractivity contribution in [1.29, 1.82) is 0 Å². The molecule has 0 aliphatic rings. The van der Waals surface area contributed by atoms with Crippen LogP contribution < -0.4 is 0 Å². The third-order valence-electron chi connectivity index (χ3n) is 3.52. The van der Waals surface area contributed by atoms with Gasteiger partial charge in [0.05, 0.1) is 16.7 Å². The Hall–Kier alpha value is -2.46. The molecule has 3 nitrogen and oxygen atoms in total. The number of hydrogen-bond acceptors (Lipinski definition) is 4. The molecule has 0 unspecified atom stereocenters. The maximum Gasteiger partial charge on any atom is 0.117 e. The minimum Gasteiger partial charge on any atom is -0.252 e. The summed E-state index contributed by atoms with van der Waals surface area (Å²) >= 11 is 1.70. The average Bonchev–Trinajstić information content (AvgIpc) is 2.60. The quantitative estimate of drug-likeness (QED) is 0.413. The fourth-order valence-corrected chi connectivity index (χ4v) is 3.32. The van der Waals surface area contributed by atoms with E-state index in [9.17, 15) is 0 Å². The molecular formula is C18H13N3S. The van der Waals surface area contributed by atoms with E-state index in [1.54, 1.807) is 18.1 Å². The van der Waals surface area contributed by atoms with Gasteiger partial charge in [0.2, 0.25) is 0 Å². The first-order valence-electron chi connectivity index (χ1n) is 7.07. The Morgan fingerprint density at radius 3 is 2.55 bits per heavy atom. The normalized spacial score (nSPS) is 11.1. The molecule has 0 aliphatic heterocycles. The molecule has 4 heteroatoms. The molecule has 0 N–H and O–H groups in total. The van der Waals surface area contributed by atoms with E-state index in [2.05, 4.69) is 34.2 Å². The summed E-state index contributed by atoms with van der Waals surface area (Å²) in [6, 6.07) is 20.5. The molecule has 0 fully saturated rings. The number of thioether (sulfide) groups is 1. The predicted octanol–water partition coefficient (Wildman–Crippen LogP) is 4.47. The van der Waals surface area contributed by atoms with E-state index in [0.29, 0.717) is 0 Å². The Balaban J connectivity index is 1.63. The summed E-state index contributed by atoms with van der Waals surface area (Å²) < 4.78 is 0. The van der Waals surface area contributed by atoms with Gasteiger partial charge < -0.3 is 0 Å². The van der Waals surface area contributed by atoms with Crippen molar-refractivity contribution in [3.63, 3.8) is 0 Å². The molecule has 2 aromatic heterocycles. The molecule has 0 aliphatic carbocycles. The van der Waals surface area contributed by atoms with Crippen molar-refractivity contribution in [2.75, 3.05) is 0 Å². The van der Waals surface area contributed by atoms with Crippen LogP contribution in [0.3, 0.4) is 0 Å². The van der Waals surface area contributed by atoms with Crippen LogP contribution in [0.25, 0.3) is 21.8 Å². The summed E-state index contributed by atoms with van der Waals surface area (Å²) in [4.78, 5) is 13.4. The minimum absolute atomic E-state index is 0.797. The van der Waals surface area contributed by atoms with E-state index in [-0.39, 0.29) is 0 Å². The molecule has 4 rings (SSSR count). The van der Waals surface area contributed by atoms with Crippen molar-refractivity contribution in [1.82, 2.24) is 15.0 Å². The van der Waals surface area contributed by atoms with Crippen molar-refractivity contribution >= 4 is 33.6 Å². The zero-order valence-electron chi connectivity index (χ0n) is 11.8. The second-order valence-electron chi connectivity index (χ2n) is 4.98. The molecule has 0 amide bonds. The first-order valence-corrected chi connectivity index (χ1v) is 8.06. The van der Waals surface area contributed by atoms with Crippen molar-refractivity contribution in [2.45, 2.75) is 10.8 Å². The number of hydrogen-bond donors (Lipinski definition) is 0. The first-order chi connectivity index (χ1) is 10.9. The molecule has 4 aromatic rings. The van der Waals surface area contributed by atoms with Crippen LogP contribution in [0.15, 0.2) is 72.0 Å². The van der Waals surface area contributed by atoms with E-state index in [1.807, 2.05) is 36.4 Å². The molecule has 2 heterocycles. The molecule has 2 aromatic carbocycles. The SMILES string of the molecule is c1ccc2nc(CSc3ncnc4ccccc34)ccc2c1. The van der Waals surface area contributed by atoms with E-state index in [1.165, 1.54) is 5.39 Å². The summed E-state index contributed by atoms with van der Waals surface area (Å²) in [5, 5.41) is 3.26. The fraction of sp³-hybridized carbons (Fsp3) is 0.0556. The first kappa shape index (κ1) is 13.2. The van der Waals surface area contributed by atoms with Gasteiger partial charge in [-0.25, -0.2) is 9.97 Å². The molecule has 0 spiro atoms. The Labute approximate surface area is 132 Å². The molecule has 0 radical (unpaired) electrons. The standard InChI is InChI=1S/C18H13N3S/c1-3-7-16-13(5-1)9-10-14(21-16)11-22-18-15-6-2-4-8-17(15)19-12-20-18/h1-10,12H,11H2. The van der Waals surface area contributed by atoms with Crippen LogP contribution in [-0.2, 0) is 5.75 Å². The number of para-hydroxylation sites is 2. The molecule has 22 heavy (non-hydrogen) atoms. The number of fused-ring (bicyclic) bond motifs is 2. The topological polar surface area (TPSA) is 38.7 Å². The number of rotatable bonds is 3. The number of aromatic nitrogens is 3. The van der Waals surface area contributed by atoms with Gasteiger partial charge in [-0.1, -0.05) is 54.2 Å². The van der Waals surface area contributed by atoms with Crippen LogP contribution in [0.1, 0.15) is 5.69 Å². The zero-order chi connectivity index (χ0) is 14.8. The molecule has 0 saturated carbocycles. The third-order valence-corrected chi connectivity index (χ3v) is 4.56. The fourth-order valence-electron chi connectivity index (χ4n) is 2.43. The van der Waals surface area contributed by atoms with Gasteiger partial charge in [-0.2, -0.15) is 0 Å². The monoisotopic (exact) mass is 303 g/mol. The van der Waals surface area contributed by atoms with Gasteiger partial charge in [0, 0.05) is 16.5 Å². The predicted molar refractivity (Wildman–Crippen MR) is 90.8 cm³/mol. The van der Waals surface area contributed by atoms with Gasteiger partial charge in [-0.05, 0) is 18.2 Å². The Morgan fingerprint density at radius 2 is 1.59 bits per heavy atom.